The molecular weight excluding hydrogens is 490 g/mol. The molecule has 9 nitrogen and oxygen atoms in total. The molecule has 1 atom stereocenters. The molecule has 0 saturated carbocycles. The summed E-state index contributed by atoms with van der Waals surface area (Å²) in [7, 11) is -3.59. The lowest BCUT2D eigenvalue weighted by molar-refractivity contribution is -0.118. The molecule has 3 aliphatic heterocycles. The number of ether oxygens (including phenoxy) is 1. The van der Waals surface area contributed by atoms with E-state index in [9.17, 15) is 13.2 Å². The van der Waals surface area contributed by atoms with Gasteiger partial charge in [-0.15, -0.1) is 0 Å². The van der Waals surface area contributed by atoms with Gasteiger partial charge in [-0.25, -0.2) is 8.42 Å². The van der Waals surface area contributed by atoms with Crippen LogP contribution in [0.5, 0.6) is 5.75 Å². The van der Waals surface area contributed by atoms with E-state index in [0.29, 0.717) is 11.4 Å². The van der Waals surface area contributed by atoms with Gasteiger partial charge in [-0.2, -0.15) is 4.31 Å². The lowest BCUT2D eigenvalue weighted by Crippen LogP contribution is -2.48. The van der Waals surface area contributed by atoms with Gasteiger partial charge in [-0.3, -0.25) is 14.7 Å². The molecule has 1 unspecified atom stereocenters. The third-order valence-electron chi connectivity index (χ3n) is 7.66. The largest absolute Gasteiger partial charge is 0.479 e. The topological polar surface area (TPSA) is 95.1 Å². The lowest BCUT2D eigenvalue weighted by Gasteiger charge is -2.38. The molecule has 0 bridgehead atoms. The number of pyridine rings is 1. The molecule has 3 aromatic rings. The van der Waals surface area contributed by atoms with Crippen molar-refractivity contribution in [1.82, 2.24) is 14.2 Å². The predicted octanol–water partition coefficient (Wildman–Crippen LogP) is 2.93. The predicted molar refractivity (Wildman–Crippen MR) is 142 cm³/mol. The van der Waals surface area contributed by atoms with E-state index < -0.39 is 10.0 Å². The summed E-state index contributed by atoms with van der Waals surface area (Å²) in [6.07, 6.45) is 5.96. The van der Waals surface area contributed by atoms with Crippen molar-refractivity contribution in [1.29, 1.82) is 0 Å². The first-order valence-electron chi connectivity index (χ1n) is 12.9. The van der Waals surface area contributed by atoms with Crippen molar-refractivity contribution < 1.29 is 17.9 Å². The number of piperazine rings is 1. The van der Waals surface area contributed by atoms with Crippen LogP contribution in [-0.4, -0.2) is 80.4 Å². The molecule has 10 heteroatoms. The highest BCUT2D eigenvalue weighted by Gasteiger charge is 2.36. The van der Waals surface area contributed by atoms with Crippen molar-refractivity contribution in [2.45, 2.75) is 30.2 Å². The number of nitrogens with one attached hydrogen (secondary N) is 1. The molecule has 6 rings (SSSR count). The van der Waals surface area contributed by atoms with Crippen molar-refractivity contribution in [3.05, 3.63) is 54.9 Å². The number of rotatable bonds is 6. The molecule has 1 aromatic heterocycles. The number of fused-ring (bicyclic) bond motifs is 2. The fourth-order valence-corrected chi connectivity index (χ4v) is 7.69. The van der Waals surface area contributed by atoms with Crippen molar-refractivity contribution >= 4 is 38.1 Å². The van der Waals surface area contributed by atoms with Crippen LogP contribution in [0.15, 0.2) is 59.8 Å². The molecule has 0 radical (unpaired) electrons. The Bertz CT molecular complexity index is 1420. The Morgan fingerprint density at radius 3 is 2.73 bits per heavy atom. The van der Waals surface area contributed by atoms with Gasteiger partial charge in [0.25, 0.3) is 5.91 Å². The first-order valence-corrected chi connectivity index (χ1v) is 14.3. The molecule has 1 N–H and O–H groups in total. The zero-order chi connectivity index (χ0) is 25.4. The zero-order valence-electron chi connectivity index (χ0n) is 20.7. The van der Waals surface area contributed by atoms with E-state index in [1.54, 1.807) is 34.9 Å². The second-order valence-corrected chi connectivity index (χ2v) is 11.7. The minimum atomic E-state index is -3.59. The molecule has 0 spiro atoms. The van der Waals surface area contributed by atoms with Crippen molar-refractivity contribution in [2.75, 3.05) is 56.1 Å². The summed E-state index contributed by atoms with van der Waals surface area (Å²) >= 11 is 0. The van der Waals surface area contributed by atoms with Gasteiger partial charge in [-0.1, -0.05) is 18.2 Å². The number of carbonyl (C=O) groups excluding carboxylic acids is 1. The lowest BCUT2D eigenvalue weighted by atomic mass is 10.1. The highest BCUT2D eigenvalue weighted by atomic mass is 32.2. The van der Waals surface area contributed by atoms with Crippen LogP contribution in [0.4, 0.5) is 11.4 Å². The maximum Gasteiger partial charge on any atom is 0.262 e. The summed E-state index contributed by atoms with van der Waals surface area (Å²) < 4.78 is 34.8. The van der Waals surface area contributed by atoms with E-state index in [2.05, 4.69) is 20.1 Å². The number of hydrogen-bond donors (Lipinski definition) is 1. The van der Waals surface area contributed by atoms with E-state index in [1.807, 2.05) is 24.3 Å². The molecule has 2 saturated heterocycles. The molecule has 1 amide bonds. The Balaban J connectivity index is 1.09. The Labute approximate surface area is 217 Å². The number of hydrogen-bond acceptors (Lipinski definition) is 7. The molecule has 2 fully saturated rings. The van der Waals surface area contributed by atoms with Gasteiger partial charge in [0.1, 0.15) is 0 Å². The average Bonchev–Trinajstić information content (AvgIpc) is 3.41. The van der Waals surface area contributed by atoms with Crippen LogP contribution in [0.3, 0.4) is 0 Å². The quantitative estimate of drug-likeness (QED) is 0.533. The normalized spacial score (nSPS) is 21.0. The standard InChI is InChI=1S/C27H31N5O4S/c33-26-19-36-27-23(29-26)6-2-7-24(27)31-16-14-30(15-17-31)13-10-21-5-3-12-32(21)37(34,35)25-8-1-4-20-18-28-11-9-22(20)25/h1-2,4,6-9,11,18,21H,3,5,10,12-17,19H2,(H,29,33). The average molecular weight is 522 g/mol. The summed E-state index contributed by atoms with van der Waals surface area (Å²) in [6.45, 7) is 4.97. The fourth-order valence-electron chi connectivity index (χ4n) is 5.75. The van der Waals surface area contributed by atoms with Gasteiger partial charge in [0.15, 0.2) is 12.4 Å². The number of carbonyl (C=O) groups is 1. The van der Waals surface area contributed by atoms with Crippen LogP contribution in [0.2, 0.25) is 0 Å². The first kappa shape index (κ1) is 24.1. The van der Waals surface area contributed by atoms with Crippen LogP contribution in [0.25, 0.3) is 10.8 Å². The second-order valence-electron chi connectivity index (χ2n) is 9.87. The first-order chi connectivity index (χ1) is 18.0. The summed E-state index contributed by atoms with van der Waals surface area (Å²) in [6, 6.07) is 13.0. The number of para-hydroxylation sites is 1. The van der Waals surface area contributed by atoms with Crippen molar-refractivity contribution in [3.63, 3.8) is 0 Å². The molecule has 37 heavy (non-hydrogen) atoms. The molecule has 2 aromatic carbocycles. The minimum absolute atomic E-state index is 0.0123. The molecule has 0 aliphatic carbocycles. The Hall–Kier alpha value is -3.21. The van der Waals surface area contributed by atoms with Gasteiger partial charge in [0.05, 0.1) is 16.3 Å². The number of benzene rings is 2. The molecule has 3 aliphatic rings. The Kier molecular flexibility index (Phi) is 6.48. The number of amides is 1. The fraction of sp³-hybridized carbons (Fsp3) is 0.407. The highest BCUT2D eigenvalue weighted by Crippen LogP contribution is 2.38. The van der Waals surface area contributed by atoms with E-state index in [1.165, 1.54) is 0 Å². The Morgan fingerprint density at radius 1 is 1.03 bits per heavy atom. The molecular formula is C27H31N5O4S. The van der Waals surface area contributed by atoms with E-state index in [0.717, 1.165) is 79.9 Å². The monoisotopic (exact) mass is 521 g/mol. The number of sulfonamides is 1. The van der Waals surface area contributed by atoms with Gasteiger partial charge in [-0.05, 0) is 50.1 Å². The van der Waals surface area contributed by atoms with Crippen LogP contribution in [-0.2, 0) is 14.8 Å². The summed E-state index contributed by atoms with van der Waals surface area (Å²) in [4.78, 5) is 20.9. The van der Waals surface area contributed by atoms with Crippen LogP contribution < -0.4 is 15.0 Å². The minimum Gasteiger partial charge on any atom is -0.479 e. The molecule has 4 heterocycles. The smallest absolute Gasteiger partial charge is 0.262 e. The maximum absolute atomic E-state index is 13.7. The van der Waals surface area contributed by atoms with Crippen LogP contribution in [0.1, 0.15) is 19.3 Å². The Morgan fingerprint density at radius 2 is 1.86 bits per heavy atom. The number of nitrogens with zero attached hydrogens (tertiary/aromatic N) is 4. The second kappa shape index (κ2) is 9.92. The van der Waals surface area contributed by atoms with Crippen molar-refractivity contribution in [3.8, 4) is 5.75 Å². The maximum atomic E-state index is 13.7. The zero-order valence-corrected chi connectivity index (χ0v) is 21.5. The summed E-state index contributed by atoms with van der Waals surface area (Å²) in [5.74, 6) is 0.612. The SMILES string of the molecule is O=C1COc2c(cccc2N2CCN(CCC3CCCN3S(=O)(=O)c3cccc4cnccc34)CC2)N1. The van der Waals surface area contributed by atoms with Gasteiger partial charge < -0.3 is 15.0 Å². The van der Waals surface area contributed by atoms with Gasteiger partial charge in [0.2, 0.25) is 10.0 Å². The third kappa shape index (κ3) is 4.65. The van der Waals surface area contributed by atoms with Crippen LogP contribution in [0, 0.1) is 0 Å². The van der Waals surface area contributed by atoms with Gasteiger partial charge in [0, 0.05) is 61.9 Å². The van der Waals surface area contributed by atoms with E-state index in [4.69, 9.17) is 4.74 Å². The third-order valence-corrected chi connectivity index (χ3v) is 9.67. The number of aromatic nitrogens is 1. The summed E-state index contributed by atoms with van der Waals surface area (Å²) in [5, 5.41) is 4.44. The summed E-state index contributed by atoms with van der Waals surface area (Å²) in [5.41, 5.74) is 1.73. The van der Waals surface area contributed by atoms with Gasteiger partial charge >= 0.3 is 0 Å². The number of anilines is 2. The molecule has 194 valence electrons. The van der Waals surface area contributed by atoms with Crippen LogP contribution >= 0.6 is 0 Å². The van der Waals surface area contributed by atoms with E-state index in [-0.39, 0.29) is 18.6 Å². The van der Waals surface area contributed by atoms with E-state index >= 15 is 0 Å². The highest BCUT2D eigenvalue weighted by molar-refractivity contribution is 7.89. The van der Waals surface area contributed by atoms with Crippen molar-refractivity contribution in [2.24, 2.45) is 0 Å².